The molecule has 0 fully saturated rings. The third-order valence-corrected chi connectivity index (χ3v) is 5.21. The van der Waals surface area contributed by atoms with Crippen LogP contribution in [0.25, 0.3) is 0 Å². The Bertz CT molecular complexity index is 997. The minimum absolute atomic E-state index is 0.144. The van der Waals surface area contributed by atoms with Gasteiger partial charge in [-0.1, -0.05) is 60.7 Å². The van der Waals surface area contributed by atoms with Gasteiger partial charge in [-0.05, 0) is 30.8 Å². The van der Waals surface area contributed by atoms with E-state index >= 15 is 0 Å². The molecule has 0 saturated carbocycles. The van der Waals surface area contributed by atoms with E-state index in [9.17, 15) is 5.26 Å². The van der Waals surface area contributed by atoms with Gasteiger partial charge < -0.3 is 14.4 Å². The number of hydrogen-bond donors (Lipinski definition) is 0. The average molecular weight is 384 g/mol. The lowest BCUT2D eigenvalue weighted by atomic mass is 9.92. The van der Waals surface area contributed by atoms with Crippen molar-refractivity contribution >= 4 is 0 Å². The molecule has 4 heteroatoms. The summed E-state index contributed by atoms with van der Waals surface area (Å²) in [7, 11) is 2.12. The van der Waals surface area contributed by atoms with Crippen LogP contribution < -0.4 is 9.47 Å². The first-order valence-electron chi connectivity index (χ1n) is 9.84. The Hall–Kier alpha value is -3.29. The molecule has 29 heavy (non-hydrogen) atoms. The molecule has 4 rings (SSSR count). The maximum absolute atomic E-state index is 9.46. The van der Waals surface area contributed by atoms with Gasteiger partial charge in [0.05, 0.1) is 12.2 Å². The van der Waals surface area contributed by atoms with Crippen LogP contribution in [0.2, 0.25) is 0 Å². The lowest BCUT2D eigenvalue weighted by molar-refractivity contribution is 0.0485. The molecule has 4 nitrogen and oxygen atoms in total. The number of rotatable bonds is 6. The third kappa shape index (κ3) is 4.42. The summed E-state index contributed by atoms with van der Waals surface area (Å²) >= 11 is 0. The Morgan fingerprint density at radius 1 is 1.00 bits per heavy atom. The van der Waals surface area contributed by atoms with E-state index in [4.69, 9.17) is 9.47 Å². The first-order chi connectivity index (χ1) is 14.2. The standard InChI is InChI=1S/C25H24N2O2/c1-27(16-19-9-3-2-4-10-19)17-21-18-28-24-14-8-6-12-22(24)25(21)29-23-13-7-5-11-20(23)15-26/h2-14,21,25H,16-18H2,1H3/t21-,25-/m0/s1. The number of nitriles is 1. The zero-order chi connectivity index (χ0) is 20.1. The van der Waals surface area contributed by atoms with E-state index in [2.05, 4.69) is 48.3 Å². The molecule has 3 aromatic rings. The van der Waals surface area contributed by atoms with Gasteiger partial charge in [0.1, 0.15) is 23.7 Å². The van der Waals surface area contributed by atoms with Gasteiger partial charge in [0.25, 0.3) is 0 Å². The molecular weight excluding hydrogens is 360 g/mol. The van der Waals surface area contributed by atoms with Crippen LogP contribution in [-0.4, -0.2) is 25.1 Å². The molecule has 0 N–H and O–H groups in total. The maximum atomic E-state index is 9.46. The largest absolute Gasteiger partial charge is 0.493 e. The van der Waals surface area contributed by atoms with E-state index in [1.165, 1.54) is 5.56 Å². The molecule has 0 unspecified atom stereocenters. The van der Waals surface area contributed by atoms with Crippen LogP contribution in [0.5, 0.6) is 11.5 Å². The van der Waals surface area contributed by atoms with Gasteiger partial charge in [-0.15, -0.1) is 0 Å². The molecule has 1 aliphatic heterocycles. The fraction of sp³-hybridized carbons (Fsp3) is 0.240. The molecule has 0 aromatic heterocycles. The van der Waals surface area contributed by atoms with E-state index in [0.717, 1.165) is 24.4 Å². The number of para-hydroxylation sites is 2. The fourth-order valence-electron chi connectivity index (χ4n) is 3.85. The summed E-state index contributed by atoms with van der Waals surface area (Å²) in [6.45, 7) is 2.26. The smallest absolute Gasteiger partial charge is 0.138 e. The molecule has 0 saturated heterocycles. The van der Waals surface area contributed by atoms with Gasteiger partial charge in [-0.2, -0.15) is 5.26 Å². The van der Waals surface area contributed by atoms with Crippen molar-refractivity contribution in [2.45, 2.75) is 12.6 Å². The minimum atomic E-state index is -0.173. The highest BCUT2D eigenvalue weighted by Gasteiger charge is 2.33. The minimum Gasteiger partial charge on any atom is -0.493 e. The molecule has 2 atom stereocenters. The normalized spacial score (nSPS) is 17.8. The maximum Gasteiger partial charge on any atom is 0.138 e. The van der Waals surface area contributed by atoms with Crippen molar-refractivity contribution in [3.63, 3.8) is 0 Å². The SMILES string of the molecule is CN(Cc1ccccc1)C[C@H]1COc2ccccc2[C@H]1Oc1ccccc1C#N. The van der Waals surface area contributed by atoms with Crippen LogP contribution in [0.1, 0.15) is 22.8 Å². The second-order valence-corrected chi connectivity index (χ2v) is 7.44. The van der Waals surface area contributed by atoms with E-state index in [1.54, 1.807) is 6.07 Å². The Kier molecular flexibility index (Phi) is 5.79. The molecule has 0 aliphatic carbocycles. The molecule has 0 amide bonds. The Balaban J connectivity index is 1.57. The topological polar surface area (TPSA) is 45.5 Å². The van der Waals surface area contributed by atoms with Crippen LogP contribution in [0.4, 0.5) is 0 Å². The second-order valence-electron chi connectivity index (χ2n) is 7.44. The number of benzene rings is 3. The van der Waals surface area contributed by atoms with Crippen LogP contribution in [0.15, 0.2) is 78.9 Å². The van der Waals surface area contributed by atoms with Crippen molar-refractivity contribution in [2.75, 3.05) is 20.2 Å². The van der Waals surface area contributed by atoms with Crippen molar-refractivity contribution in [3.05, 3.63) is 95.6 Å². The molecule has 1 aliphatic rings. The van der Waals surface area contributed by atoms with Crippen LogP contribution in [-0.2, 0) is 6.54 Å². The fourth-order valence-corrected chi connectivity index (χ4v) is 3.85. The zero-order valence-corrected chi connectivity index (χ0v) is 16.5. The summed E-state index contributed by atoms with van der Waals surface area (Å²) in [4.78, 5) is 2.30. The number of hydrogen-bond acceptors (Lipinski definition) is 4. The van der Waals surface area contributed by atoms with E-state index in [1.807, 2.05) is 42.5 Å². The van der Waals surface area contributed by atoms with Crippen molar-refractivity contribution in [2.24, 2.45) is 5.92 Å². The Morgan fingerprint density at radius 3 is 2.55 bits per heavy atom. The summed E-state index contributed by atoms with van der Waals surface area (Å²) in [5.41, 5.74) is 2.86. The quantitative estimate of drug-likeness (QED) is 0.611. The molecule has 0 spiro atoms. The second kappa shape index (κ2) is 8.81. The van der Waals surface area contributed by atoms with E-state index in [0.29, 0.717) is 17.9 Å². The van der Waals surface area contributed by atoms with Gasteiger partial charge >= 0.3 is 0 Å². The van der Waals surface area contributed by atoms with Crippen molar-refractivity contribution in [1.82, 2.24) is 4.90 Å². The summed E-state index contributed by atoms with van der Waals surface area (Å²) in [6.07, 6.45) is -0.173. The summed E-state index contributed by atoms with van der Waals surface area (Å²) < 4.78 is 12.5. The average Bonchev–Trinajstić information content (AvgIpc) is 2.76. The lowest BCUT2D eigenvalue weighted by Gasteiger charge is -2.36. The molecule has 146 valence electrons. The van der Waals surface area contributed by atoms with Crippen molar-refractivity contribution in [3.8, 4) is 17.6 Å². The van der Waals surface area contributed by atoms with Crippen LogP contribution in [0, 0.1) is 17.2 Å². The first kappa shape index (κ1) is 19.0. The van der Waals surface area contributed by atoms with Gasteiger partial charge in [0, 0.05) is 24.6 Å². The molecule has 0 bridgehead atoms. The Labute approximate surface area is 171 Å². The van der Waals surface area contributed by atoms with Crippen molar-refractivity contribution in [1.29, 1.82) is 5.26 Å². The van der Waals surface area contributed by atoms with Gasteiger partial charge in [-0.3, -0.25) is 0 Å². The first-order valence-corrected chi connectivity index (χ1v) is 9.84. The van der Waals surface area contributed by atoms with Crippen LogP contribution in [0.3, 0.4) is 0 Å². The number of fused-ring (bicyclic) bond motifs is 1. The predicted molar refractivity (Wildman–Crippen MR) is 113 cm³/mol. The molecule has 0 radical (unpaired) electrons. The predicted octanol–water partition coefficient (Wildman–Crippen LogP) is 4.82. The molecule has 1 heterocycles. The van der Waals surface area contributed by atoms with Crippen LogP contribution >= 0.6 is 0 Å². The summed E-state index contributed by atoms with van der Waals surface area (Å²) in [5, 5.41) is 9.46. The zero-order valence-electron chi connectivity index (χ0n) is 16.5. The van der Waals surface area contributed by atoms with E-state index in [-0.39, 0.29) is 12.0 Å². The highest BCUT2D eigenvalue weighted by Crippen LogP contribution is 2.39. The molecular formula is C25H24N2O2. The van der Waals surface area contributed by atoms with Gasteiger partial charge in [0.2, 0.25) is 0 Å². The highest BCUT2D eigenvalue weighted by molar-refractivity contribution is 5.44. The Morgan fingerprint density at radius 2 is 1.72 bits per heavy atom. The van der Waals surface area contributed by atoms with E-state index < -0.39 is 0 Å². The van der Waals surface area contributed by atoms with Crippen molar-refractivity contribution < 1.29 is 9.47 Å². The van der Waals surface area contributed by atoms with Gasteiger partial charge in [-0.25, -0.2) is 0 Å². The highest BCUT2D eigenvalue weighted by atomic mass is 16.5. The van der Waals surface area contributed by atoms with Gasteiger partial charge in [0.15, 0.2) is 0 Å². The molecule has 3 aromatic carbocycles. The summed E-state index contributed by atoms with van der Waals surface area (Å²) in [6, 6.07) is 28.1. The monoisotopic (exact) mass is 384 g/mol. The third-order valence-electron chi connectivity index (χ3n) is 5.21. The number of nitrogens with zero attached hydrogens (tertiary/aromatic N) is 2. The lowest BCUT2D eigenvalue weighted by Crippen LogP contribution is -2.37. The number of ether oxygens (including phenoxy) is 2. The summed E-state index contributed by atoms with van der Waals surface area (Å²) in [5.74, 6) is 1.62.